The maximum atomic E-state index is 11.8. The van der Waals surface area contributed by atoms with Crippen LogP contribution in [0, 0.1) is 0 Å². The van der Waals surface area contributed by atoms with Crippen molar-refractivity contribution in [1.82, 2.24) is 5.32 Å². The van der Waals surface area contributed by atoms with Crippen molar-refractivity contribution in [3.63, 3.8) is 0 Å². The Bertz CT molecular complexity index is 375. The Morgan fingerprint density at radius 2 is 2.22 bits per heavy atom. The van der Waals surface area contributed by atoms with Gasteiger partial charge in [0.15, 0.2) is 0 Å². The molecule has 1 amide bonds. The Morgan fingerprint density at radius 3 is 2.89 bits per heavy atom. The average Bonchev–Trinajstić information content (AvgIpc) is 2.90. The zero-order chi connectivity index (χ0) is 12.8. The largest absolute Gasteiger partial charge is 0.376 e. The number of hydrogen-bond donors (Lipinski definition) is 2. The van der Waals surface area contributed by atoms with E-state index >= 15 is 0 Å². The van der Waals surface area contributed by atoms with Gasteiger partial charge in [0.2, 0.25) is 5.91 Å². The monoisotopic (exact) mass is 248 g/mol. The molecule has 4 nitrogen and oxygen atoms in total. The number of carbonyl (C=O) groups excluding carboxylic acids is 1. The van der Waals surface area contributed by atoms with E-state index < -0.39 is 6.04 Å². The molecule has 3 N–H and O–H groups in total. The summed E-state index contributed by atoms with van der Waals surface area (Å²) in [6.45, 7) is 1.37. The first-order valence-electron chi connectivity index (χ1n) is 6.44. The number of hydrogen-bond acceptors (Lipinski definition) is 3. The fourth-order valence-electron chi connectivity index (χ4n) is 2.11. The van der Waals surface area contributed by atoms with Gasteiger partial charge in [-0.15, -0.1) is 0 Å². The lowest BCUT2D eigenvalue weighted by molar-refractivity contribution is -0.122. The SMILES string of the molecule is N[C@H](Cc1ccccc1)C(=O)NC[C@H]1CCCO1. The molecule has 1 heterocycles. The van der Waals surface area contributed by atoms with Crippen molar-refractivity contribution < 1.29 is 9.53 Å². The number of carbonyl (C=O) groups is 1. The normalized spacial score (nSPS) is 20.6. The van der Waals surface area contributed by atoms with Crippen LogP contribution < -0.4 is 11.1 Å². The molecule has 0 aromatic heterocycles. The van der Waals surface area contributed by atoms with Gasteiger partial charge in [-0.3, -0.25) is 4.79 Å². The first-order chi connectivity index (χ1) is 8.75. The highest BCUT2D eigenvalue weighted by Crippen LogP contribution is 2.10. The number of nitrogens with two attached hydrogens (primary N) is 1. The minimum atomic E-state index is -0.492. The van der Waals surface area contributed by atoms with E-state index in [4.69, 9.17) is 10.5 Å². The van der Waals surface area contributed by atoms with Crippen LogP contribution >= 0.6 is 0 Å². The van der Waals surface area contributed by atoms with Gasteiger partial charge in [-0.2, -0.15) is 0 Å². The van der Waals surface area contributed by atoms with Gasteiger partial charge in [0.1, 0.15) is 0 Å². The topological polar surface area (TPSA) is 64.4 Å². The number of amides is 1. The summed E-state index contributed by atoms with van der Waals surface area (Å²) in [6.07, 6.45) is 2.83. The average molecular weight is 248 g/mol. The second kappa shape index (κ2) is 6.52. The molecule has 0 bridgehead atoms. The molecule has 4 heteroatoms. The molecule has 0 unspecified atom stereocenters. The number of ether oxygens (including phenoxy) is 1. The summed E-state index contributed by atoms with van der Waals surface area (Å²) in [7, 11) is 0. The minimum Gasteiger partial charge on any atom is -0.376 e. The smallest absolute Gasteiger partial charge is 0.237 e. The van der Waals surface area contributed by atoms with Crippen molar-refractivity contribution in [2.24, 2.45) is 5.73 Å². The minimum absolute atomic E-state index is 0.102. The van der Waals surface area contributed by atoms with Crippen molar-refractivity contribution in [3.8, 4) is 0 Å². The van der Waals surface area contributed by atoms with Crippen LogP contribution in [0.25, 0.3) is 0 Å². The van der Waals surface area contributed by atoms with Crippen LogP contribution in [0.5, 0.6) is 0 Å². The quantitative estimate of drug-likeness (QED) is 0.812. The van der Waals surface area contributed by atoms with E-state index in [0.29, 0.717) is 13.0 Å². The van der Waals surface area contributed by atoms with Crippen molar-refractivity contribution in [3.05, 3.63) is 35.9 Å². The number of nitrogens with one attached hydrogen (secondary N) is 1. The standard InChI is InChI=1S/C14H20N2O2/c15-13(9-11-5-2-1-3-6-11)14(17)16-10-12-7-4-8-18-12/h1-3,5-6,12-13H,4,7-10,15H2,(H,16,17)/t12-,13-/m1/s1. The van der Waals surface area contributed by atoms with Gasteiger partial charge < -0.3 is 15.8 Å². The maximum absolute atomic E-state index is 11.8. The van der Waals surface area contributed by atoms with Gasteiger partial charge in [-0.05, 0) is 24.8 Å². The molecule has 1 aliphatic rings. The van der Waals surface area contributed by atoms with Gasteiger partial charge in [0.05, 0.1) is 12.1 Å². The molecular formula is C14H20N2O2. The van der Waals surface area contributed by atoms with Crippen molar-refractivity contribution in [2.75, 3.05) is 13.2 Å². The highest BCUT2D eigenvalue weighted by molar-refractivity contribution is 5.81. The molecule has 98 valence electrons. The predicted octanol–water partition coefficient (Wildman–Crippen LogP) is 0.852. The molecule has 1 saturated heterocycles. The molecule has 1 aromatic rings. The molecule has 18 heavy (non-hydrogen) atoms. The fourth-order valence-corrected chi connectivity index (χ4v) is 2.11. The summed E-state index contributed by atoms with van der Waals surface area (Å²) in [5.74, 6) is -0.102. The Balaban J connectivity index is 1.74. The Labute approximate surface area is 108 Å². The molecule has 1 aliphatic heterocycles. The lowest BCUT2D eigenvalue weighted by Gasteiger charge is -2.15. The second-order valence-corrected chi connectivity index (χ2v) is 4.68. The highest BCUT2D eigenvalue weighted by atomic mass is 16.5. The fraction of sp³-hybridized carbons (Fsp3) is 0.500. The van der Waals surface area contributed by atoms with Crippen LogP contribution in [0.1, 0.15) is 18.4 Å². The lowest BCUT2D eigenvalue weighted by Crippen LogP contribution is -2.44. The Hall–Kier alpha value is -1.39. The van der Waals surface area contributed by atoms with Crippen LogP contribution in [0.15, 0.2) is 30.3 Å². The van der Waals surface area contributed by atoms with Crippen LogP contribution in [0.2, 0.25) is 0 Å². The van der Waals surface area contributed by atoms with Crippen LogP contribution in [0.4, 0.5) is 0 Å². The van der Waals surface area contributed by atoms with E-state index in [1.807, 2.05) is 30.3 Å². The van der Waals surface area contributed by atoms with E-state index in [1.54, 1.807) is 0 Å². The summed E-state index contributed by atoms with van der Waals surface area (Å²) < 4.78 is 5.45. The van der Waals surface area contributed by atoms with E-state index in [0.717, 1.165) is 25.0 Å². The Kier molecular flexibility index (Phi) is 4.73. The molecule has 0 saturated carbocycles. The number of rotatable bonds is 5. The van der Waals surface area contributed by atoms with E-state index in [-0.39, 0.29) is 12.0 Å². The molecule has 1 fully saturated rings. The van der Waals surface area contributed by atoms with Gasteiger partial charge >= 0.3 is 0 Å². The van der Waals surface area contributed by atoms with Gasteiger partial charge in [0, 0.05) is 13.2 Å². The van der Waals surface area contributed by atoms with Gasteiger partial charge in [0.25, 0.3) is 0 Å². The van der Waals surface area contributed by atoms with Crippen LogP contribution in [-0.4, -0.2) is 31.2 Å². The van der Waals surface area contributed by atoms with E-state index in [1.165, 1.54) is 0 Å². The summed E-state index contributed by atoms with van der Waals surface area (Å²) >= 11 is 0. The van der Waals surface area contributed by atoms with Crippen molar-refractivity contribution >= 4 is 5.91 Å². The lowest BCUT2D eigenvalue weighted by atomic mass is 10.1. The predicted molar refractivity (Wildman–Crippen MR) is 70.1 cm³/mol. The highest BCUT2D eigenvalue weighted by Gasteiger charge is 2.18. The first-order valence-corrected chi connectivity index (χ1v) is 6.44. The van der Waals surface area contributed by atoms with E-state index in [2.05, 4.69) is 5.32 Å². The zero-order valence-electron chi connectivity index (χ0n) is 10.5. The zero-order valence-corrected chi connectivity index (χ0v) is 10.5. The third-order valence-electron chi connectivity index (χ3n) is 3.16. The van der Waals surface area contributed by atoms with Crippen LogP contribution in [-0.2, 0) is 16.0 Å². The second-order valence-electron chi connectivity index (χ2n) is 4.68. The van der Waals surface area contributed by atoms with Crippen molar-refractivity contribution in [2.45, 2.75) is 31.4 Å². The molecule has 2 rings (SSSR count). The third kappa shape index (κ3) is 3.82. The summed E-state index contributed by atoms with van der Waals surface area (Å²) in [4.78, 5) is 11.8. The molecule has 2 atom stereocenters. The van der Waals surface area contributed by atoms with E-state index in [9.17, 15) is 4.79 Å². The van der Waals surface area contributed by atoms with Crippen LogP contribution in [0.3, 0.4) is 0 Å². The van der Waals surface area contributed by atoms with Crippen molar-refractivity contribution in [1.29, 1.82) is 0 Å². The van der Waals surface area contributed by atoms with Gasteiger partial charge in [-0.25, -0.2) is 0 Å². The third-order valence-corrected chi connectivity index (χ3v) is 3.16. The maximum Gasteiger partial charge on any atom is 0.237 e. The summed E-state index contributed by atoms with van der Waals surface area (Å²) in [5.41, 5.74) is 6.96. The van der Waals surface area contributed by atoms with Gasteiger partial charge in [-0.1, -0.05) is 30.3 Å². The first kappa shape index (κ1) is 13.1. The molecule has 0 aliphatic carbocycles. The molecule has 0 radical (unpaired) electrons. The Morgan fingerprint density at radius 1 is 1.44 bits per heavy atom. The number of benzene rings is 1. The molecular weight excluding hydrogens is 228 g/mol. The summed E-state index contributed by atoms with van der Waals surface area (Å²) in [5, 5.41) is 2.86. The molecule has 0 spiro atoms. The summed E-state index contributed by atoms with van der Waals surface area (Å²) in [6, 6.07) is 9.32. The molecule has 1 aromatic carbocycles.